The Morgan fingerprint density at radius 1 is 1.35 bits per heavy atom. The fourth-order valence-electron chi connectivity index (χ4n) is 3.45. The predicted molar refractivity (Wildman–Crippen MR) is 78.1 cm³/mol. The molecule has 0 saturated carbocycles. The Hall–Kier alpha value is -1.40. The Balaban J connectivity index is 1.51. The third-order valence-corrected chi connectivity index (χ3v) is 5.70. The molecule has 0 radical (unpaired) electrons. The zero-order valence-corrected chi connectivity index (χ0v) is 12.2. The number of amides is 1. The van der Waals surface area contributed by atoms with E-state index in [-0.39, 0.29) is 5.91 Å². The Kier molecular flexibility index (Phi) is 2.82. The van der Waals surface area contributed by atoms with Gasteiger partial charge in [-0.25, -0.2) is 4.98 Å². The van der Waals surface area contributed by atoms with Gasteiger partial charge in [-0.15, -0.1) is 11.3 Å². The highest BCUT2D eigenvalue weighted by atomic mass is 32.1. The summed E-state index contributed by atoms with van der Waals surface area (Å²) in [5, 5.41) is 5.41. The molecular formula is C14H18N4OS. The van der Waals surface area contributed by atoms with Gasteiger partial charge in [-0.05, 0) is 31.2 Å². The predicted octanol–water partition coefficient (Wildman–Crippen LogP) is 1.61. The molecule has 0 aliphatic carbocycles. The van der Waals surface area contributed by atoms with Crippen molar-refractivity contribution in [3.8, 4) is 0 Å². The maximum Gasteiger partial charge on any atom is 0.271 e. The van der Waals surface area contributed by atoms with E-state index in [0.29, 0.717) is 5.41 Å². The van der Waals surface area contributed by atoms with Crippen molar-refractivity contribution in [2.45, 2.75) is 19.3 Å². The molecule has 0 aromatic carbocycles. The smallest absolute Gasteiger partial charge is 0.271 e. The average molecular weight is 290 g/mol. The molecule has 2 saturated heterocycles. The average Bonchev–Trinajstić information content (AvgIpc) is 3.15. The molecule has 106 valence electrons. The normalized spacial score (nSPS) is 21.9. The van der Waals surface area contributed by atoms with Crippen LogP contribution >= 0.6 is 11.3 Å². The summed E-state index contributed by atoms with van der Waals surface area (Å²) in [5.74, 6) is 0.148. The monoisotopic (exact) mass is 290 g/mol. The molecule has 2 aromatic heterocycles. The minimum atomic E-state index is 0.148. The number of nitrogens with one attached hydrogen (secondary N) is 1. The molecule has 2 aliphatic heterocycles. The molecule has 2 aromatic rings. The van der Waals surface area contributed by atoms with Crippen molar-refractivity contribution in [1.29, 1.82) is 0 Å². The van der Waals surface area contributed by atoms with Crippen LogP contribution in [0.3, 0.4) is 0 Å². The minimum absolute atomic E-state index is 0.148. The van der Waals surface area contributed by atoms with E-state index in [9.17, 15) is 4.79 Å². The molecule has 20 heavy (non-hydrogen) atoms. The SMILES string of the molecule is O=C(c1csc2cncn12)N1CCC2(CCNC2)CC1. The largest absolute Gasteiger partial charge is 0.337 e. The molecular weight excluding hydrogens is 272 g/mol. The number of hydrogen-bond acceptors (Lipinski definition) is 4. The number of carbonyl (C=O) groups is 1. The molecule has 6 heteroatoms. The van der Waals surface area contributed by atoms with Gasteiger partial charge in [0.05, 0.1) is 6.20 Å². The number of imidazole rings is 1. The molecule has 1 amide bonds. The van der Waals surface area contributed by atoms with Crippen LogP contribution in [-0.2, 0) is 0 Å². The van der Waals surface area contributed by atoms with Crippen LogP contribution in [0.2, 0.25) is 0 Å². The minimum Gasteiger partial charge on any atom is -0.337 e. The number of aromatic nitrogens is 2. The first-order valence-electron chi connectivity index (χ1n) is 7.17. The number of rotatable bonds is 1. The van der Waals surface area contributed by atoms with Crippen molar-refractivity contribution in [1.82, 2.24) is 19.6 Å². The van der Waals surface area contributed by atoms with Gasteiger partial charge in [0.15, 0.2) is 0 Å². The maximum absolute atomic E-state index is 12.6. The van der Waals surface area contributed by atoms with Gasteiger partial charge in [0, 0.05) is 25.0 Å². The lowest BCUT2D eigenvalue weighted by Crippen LogP contribution is -2.44. The van der Waals surface area contributed by atoms with Crippen LogP contribution in [0.5, 0.6) is 0 Å². The molecule has 2 fully saturated rings. The van der Waals surface area contributed by atoms with Gasteiger partial charge in [-0.3, -0.25) is 9.20 Å². The van der Waals surface area contributed by atoms with Crippen LogP contribution in [0, 0.1) is 5.41 Å². The van der Waals surface area contributed by atoms with Gasteiger partial charge in [0.25, 0.3) is 5.91 Å². The molecule has 4 rings (SSSR count). The number of hydrogen-bond donors (Lipinski definition) is 1. The topological polar surface area (TPSA) is 49.6 Å². The van der Waals surface area contributed by atoms with E-state index in [0.717, 1.165) is 49.5 Å². The first-order valence-corrected chi connectivity index (χ1v) is 8.05. The van der Waals surface area contributed by atoms with Crippen LogP contribution in [0.15, 0.2) is 17.9 Å². The summed E-state index contributed by atoms with van der Waals surface area (Å²) >= 11 is 1.57. The molecule has 0 atom stereocenters. The Morgan fingerprint density at radius 2 is 2.20 bits per heavy atom. The van der Waals surface area contributed by atoms with E-state index in [1.165, 1.54) is 6.42 Å². The first kappa shape index (κ1) is 12.3. The summed E-state index contributed by atoms with van der Waals surface area (Å²) in [6.45, 7) is 4.02. The van der Waals surface area contributed by atoms with Crippen LogP contribution < -0.4 is 5.32 Å². The third-order valence-electron chi connectivity index (χ3n) is 4.82. The standard InChI is InChI=1S/C14H18N4OS/c19-13(11-8-20-12-7-16-10-18(11)12)17-5-2-14(3-6-17)1-4-15-9-14/h7-8,10,15H,1-6,9H2. The molecule has 1 N–H and O–H groups in total. The van der Waals surface area contributed by atoms with Crippen molar-refractivity contribution in [2.24, 2.45) is 5.41 Å². The highest BCUT2D eigenvalue weighted by Crippen LogP contribution is 2.37. The summed E-state index contributed by atoms with van der Waals surface area (Å²) in [5.41, 5.74) is 1.21. The summed E-state index contributed by atoms with van der Waals surface area (Å²) in [6, 6.07) is 0. The number of likely N-dealkylation sites (tertiary alicyclic amines) is 1. The van der Waals surface area contributed by atoms with Crippen molar-refractivity contribution < 1.29 is 4.79 Å². The summed E-state index contributed by atoms with van der Waals surface area (Å²) in [6.07, 6.45) is 7.05. The lowest BCUT2D eigenvalue weighted by atomic mass is 9.78. The van der Waals surface area contributed by atoms with E-state index in [1.54, 1.807) is 23.9 Å². The fourth-order valence-corrected chi connectivity index (χ4v) is 4.27. The van der Waals surface area contributed by atoms with Crippen LogP contribution in [0.4, 0.5) is 0 Å². The van der Waals surface area contributed by atoms with Gasteiger partial charge in [0.2, 0.25) is 0 Å². The van der Waals surface area contributed by atoms with E-state index in [4.69, 9.17) is 0 Å². The molecule has 4 heterocycles. The zero-order chi connectivity index (χ0) is 13.6. The molecule has 2 aliphatic rings. The third kappa shape index (κ3) is 1.86. The lowest BCUT2D eigenvalue weighted by Gasteiger charge is -2.38. The maximum atomic E-state index is 12.6. The van der Waals surface area contributed by atoms with Crippen molar-refractivity contribution in [2.75, 3.05) is 26.2 Å². The highest BCUT2D eigenvalue weighted by molar-refractivity contribution is 7.15. The molecule has 0 unspecified atom stereocenters. The lowest BCUT2D eigenvalue weighted by molar-refractivity contribution is 0.0601. The second-order valence-electron chi connectivity index (χ2n) is 5.94. The second kappa shape index (κ2) is 4.56. The highest BCUT2D eigenvalue weighted by Gasteiger charge is 2.38. The van der Waals surface area contributed by atoms with E-state index in [1.807, 2.05) is 14.7 Å². The molecule has 0 bridgehead atoms. The number of nitrogens with zero attached hydrogens (tertiary/aromatic N) is 3. The molecule has 5 nitrogen and oxygen atoms in total. The van der Waals surface area contributed by atoms with Crippen molar-refractivity contribution in [3.63, 3.8) is 0 Å². The van der Waals surface area contributed by atoms with E-state index >= 15 is 0 Å². The Bertz CT molecular complexity index is 630. The van der Waals surface area contributed by atoms with Crippen molar-refractivity contribution >= 4 is 22.1 Å². The number of carbonyl (C=O) groups excluding carboxylic acids is 1. The summed E-state index contributed by atoms with van der Waals surface area (Å²) in [4.78, 5) is 19.8. The Morgan fingerprint density at radius 3 is 2.95 bits per heavy atom. The molecule has 1 spiro atoms. The quantitative estimate of drug-likeness (QED) is 0.868. The first-order chi connectivity index (χ1) is 9.77. The van der Waals surface area contributed by atoms with Gasteiger partial charge in [0.1, 0.15) is 16.9 Å². The van der Waals surface area contributed by atoms with E-state index in [2.05, 4.69) is 10.3 Å². The second-order valence-corrected chi connectivity index (χ2v) is 6.83. The van der Waals surface area contributed by atoms with Crippen LogP contribution in [0.1, 0.15) is 29.8 Å². The van der Waals surface area contributed by atoms with Gasteiger partial charge < -0.3 is 10.2 Å². The van der Waals surface area contributed by atoms with Crippen LogP contribution in [-0.4, -0.2) is 46.4 Å². The van der Waals surface area contributed by atoms with Gasteiger partial charge in [-0.1, -0.05) is 0 Å². The fraction of sp³-hybridized carbons (Fsp3) is 0.571. The summed E-state index contributed by atoms with van der Waals surface area (Å²) < 4.78 is 1.90. The Labute approximate surface area is 121 Å². The number of thiazole rings is 1. The van der Waals surface area contributed by atoms with Crippen molar-refractivity contribution in [3.05, 3.63) is 23.6 Å². The van der Waals surface area contributed by atoms with Crippen LogP contribution in [0.25, 0.3) is 4.83 Å². The summed E-state index contributed by atoms with van der Waals surface area (Å²) in [7, 11) is 0. The number of fused-ring (bicyclic) bond motifs is 1. The number of piperidine rings is 1. The van der Waals surface area contributed by atoms with Gasteiger partial charge in [-0.2, -0.15) is 0 Å². The van der Waals surface area contributed by atoms with E-state index < -0.39 is 0 Å². The van der Waals surface area contributed by atoms with Gasteiger partial charge >= 0.3 is 0 Å². The zero-order valence-electron chi connectivity index (χ0n) is 11.3.